The maximum Gasteiger partial charge on any atom is 0.333 e. The quantitative estimate of drug-likeness (QED) is 0.481. The largest absolute Gasteiger partial charge is 0.472 e. The maximum absolute atomic E-state index is 10.2. The first kappa shape index (κ1) is 13.8. The summed E-state index contributed by atoms with van der Waals surface area (Å²) < 4.78 is 8.93. The molecule has 0 aromatic rings. The summed E-state index contributed by atoms with van der Waals surface area (Å²) in [5.74, 6) is 0.847. The highest BCUT2D eigenvalue weighted by atomic mass is 32.2. The van der Waals surface area contributed by atoms with Crippen LogP contribution in [-0.4, -0.2) is 43.4 Å². The molecule has 0 bridgehead atoms. The number of carbonyl (C=O) groups is 1. The van der Waals surface area contributed by atoms with E-state index < -0.39 is 0 Å². The third-order valence-electron chi connectivity index (χ3n) is 1.68. The van der Waals surface area contributed by atoms with Gasteiger partial charge in [0.15, 0.2) is 0 Å². The van der Waals surface area contributed by atoms with E-state index in [0.717, 1.165) is 25.4 Å². The van der Waals surface area contributed by atoms with Gasteiger partial charge in [0, 0.05) is 24.3 Å². The van der Waals surface area contributed by atoms with Crippen molar-refractivity contribution in [2.45, 2.75) is 6.42 Å². The molecule has 3 radical (unpaired) electrons. The highest BCUT2D eigenvalue weighted by Gasteiger charge is 2.15. The van der Waals surface area contributed by atoms with Gasteiger partial charge in [-0.2, -0.15) is 0 Å². The van der Waals surface area contributed by atoms with Crippen LogP contribution in [0.2, 0.25) is 0 Å². The molecule has 3 aliphatic rings. The number of hydrogen-bond acceptors (Lipinski definition) is 6. The van der Waals surface area contributed by atoms with Crippen LogP contribution in [0.3, 0.4) is 0 Å². The third kappa shape index (κ3) is 6.78. The topological polar surface area (TPSA) is 60.2 Å². The fourth-order valence-corrected chi connectivity index (χ4v) is 1.30. The van der Waals surface area contributed by atoms with Crippen molar-refractivity contribution < 1.29 is 14.3 Å². The number of thioether (sulfide) groups is 1. The summed E-state index contributed by atoms with van der Waals surface area (Å²) in [6, 6.07) is 0. The molecule has 3 aliphatic heterocycles. The van der Waals surface area contributed by atoms with E-state index >= 15 is 0 Å². The molecule has 3 rings (SSSR count). The third-order valence-corrected chi connectivity index (χ3v) is 2.32. The van der Waals surface area contributed by atoms with Crippen LogP contribution >= 0.6 is 11.8 Å². The smallest absolute Gasteiger partial charge is 0.333 e. The van der Waals surface area contributed by atoms with E-state index in [4.69, 9.17) is 0 Å². The maximum atomic E-state index is 10.2. The van der Waals surface area contributed by atoms with Gasteiger partial charge in [-0.25, -0.2) is 9.79 Å². The molecule has 0 N–H and O–H groups in total. The number of esters is 1. The number of aliphatic imine (C=N–C) groups is 2. The molecule has 91 valence electrons. The van der Waals surface area contributed by atoms with Crippen LogP contribution in [0.25, 0.3) is 0 Å². The Morgan fingerprint density at radius 3 is 2.47 bits per heavy atom. The molecule has 0 unspecified atom stereocenters. The first-order chi connectivity index (χ1) is 8.30. The number of nitrogens with zero attached hydrogens (tertiary/aromatic N) is 2. The first-order valence-electron chi connectivity index (χ1n) is 5.07. The second-order valence-electron chi connectivity index (χ2n) is 3.02. The van der Waals surface area contributed by atoms with Crippen LogP contribution in [0.15, 0.2) is 22.1 Å². The number of rotatable bonds is 0. The lowest BCUT2D eigenvalue weighted by atomic mass is 10.3. The summed E-state index contributed by atoms with van der Waals surface area (Å²) in [7, 11) is 0. The van der Waals surface area contributed by atoms with Gasteiger partial charge in [0.05, 0.1) is 6.54 Å². The molecule has 0 aliphatic carbocycles. The van der Waals surface area contributed by atoms with Crippen LogP contribution in [0, 0.1) is 6.61 Å². The number of cyclic esters (lactones) is 1. The van der Waals surface area contributed by atoms with Crippen LogP contribution in [0.5, 0.6) is 0 Å². The molecule has 0 saturated carbocycles. The van der Waals surface area contributed by atoms with E-state index in [2.05, 4.69) is 38.0 Å². The van der Waals surface area contributed by atoms with Crippen molar-refractivity contribution in [3.63, 3.8) is 0 Å². The normalized spacial score (nSPS) is 20.0. The molecule has 5 nitrogen and oxygen atoms in total. The van der Waals surface area contributed by atoms with Gasteiger partial charge in [-0.1, -0.05) is 6.58 Å². The first-order valence-corrected chi connectivity index (χ1v) is 6.06. The molecule has 6 heteroatoms. The van der Waals surface area contributed by atoms with Gasteiger partial charge in [-0.15, -0.1) is 11.8 Å². The van der Waals surface area contributed by atoms with Crippen molar-refractivity contribution in [3.05, 3.63) is 18.8 Å². The number of carbonyl (C=O) groups excluding carboxylic acids is 1. The van der Waals surface area contributed by atoms with Gasteiger partial charge in [0.2, 0.25) is 0 Å². The molecule has 0 atom stereocenters. The average Bonchev–Trinajstić information content (AvgIpc) is 3.05. The lowest BCUT2D eigenvalue weighted by molar-refractivity contribution is -0.132. The predicted octanol–water partition coefficient (Wildman–Crippen LogP) is 1.21. The predicted molar refractivity (Wildman–Crippen MR) is 67.2 cm³/mol. The Labute approximate surface area is 105 Å². The summed E-state index contributed by atoms with van der Waals surface area (Å²) in [5.41, 5.74) is 3.31. The van der Waals surface area contributed by atoms with Gasteiger partial charge in [-0.3, -0.25) is 4.99 Å². The van der Waals surface area contributed by atoms with Gasteiger partial charge >= 0.3 is 5.97 Å². The van der Waals surface area contributed by atoms with E-state index in [0.29, 0.717) is 12.0 Å². The monoisotopic (exact) mass is 253 g/mol. The van der Waals surface area contributed by atoms with Crippen LogP contribution in [-0.2, 0) is 14.3 Å². The van der Waals surface area contributed by atoms with Gasteiger partial charge < -0.3 is 9.47 Å². The van der Waals surface area contributed by atoms with Crippen LogP contribution in [0.1, 0.15) is 6.42 Å². The van der Waals surface area contributed by atoms with Crippen LogP contribution < -0.4 is 0 Å². The van der Waals surface area contributed by atoms with Crippen LogP contribution in [0.4, 0.5) is 0 Å². The average molecular weight is 253 g/mol. The Kier molecular flexibility index (Phi) is 7.13. The molecule has 0 aromatic carbocycles. The fraction of sp³-hybridized carbons (Fsp3) is 0.455. The Hall–Kier alpha value is -1.30. The second-order valence-corrected chi connectivity index (χ2v) is 3.90. The second kappa shape index (κ2) is 8.81. The van der Waals surface area contributed by atoms with Gasteiger partial charge in [-0.05, 0) is 0 Å². The van der Waals surface area contributed by atoms with E-state index in [9.17, 15) is 4.79 Å². The lowest BCUT2D eigenvalue weighted by Crippen LogP contribution is -1.90. The minimum absolute atomic E-state index is 0.292. The molecule has 1 saturated heterocycles. The summed E-state index contributed by atoms with van der Waals surface area (Å²) in [6.45, 7) is 7.37. The highest BCUT2D eigenvalue weighted by molar-refractivity contribution is 8.12. The zero-order chi connectivity index (χ0) is 12.3. The van der Waals surface area contributed by atoms with E-state index in [-0.39, 0.29) is 5.97 Å². The summed E-state index contributed by atoms with van der Waals surface area (Å²) >= 11 is 1.66. The van der Waals surface area contributed by atoms with Crippen molar-refractivity contribution in [1.82, 2.24) is 0 Å². The minimum atomic E-state index is -0.292. The van der Waals surface area contributed by atoms with E-state index in [1.54, 1.807) is 11.8 Å². The molecular formula is C11H13N2O3S. The Balaban J connectivity index is 0.000000130. The van der Waals surface area contributed by atoms with E-state index in [1.807, 2.05) is 0 Å². The summed E-state index contributed by atoms with van der Waals surface area (Å²) in [4.78, 5) is 17.6. The molecule has 0 amide bonds. The van der Waals surface area contributed by atoms with Crippen molar-refractivity contribution in [1.29, 1.82) is 0 Å². The Bertz CT molecular complexity index is 274. The summed E-state index contributed by atoms with van der Waals surface area (Å²) in [5, 5.41) is 0. The van der Waals surface area contributed by atoms with Gasteiger partial charge in [0.1, 0.15) is 18.8 Å². The molecule has 0 spiro atoms. The molecule has 0 aromatic heterocycles. The zero-order valence-corrected chi connectivity index (χ0v) is 10.2. The Morgan fingerprint density at radius 2 is 2.29 bits per heavy atom. The van der Waals surface area contributed by atoms with Crippen molar-refractivity contribution in [3.8, 4) is 0 Å². The fourth-order valence-electron chi connectivity index (χ4n) is 0.841. The summed E-state index contributed by atoms with van der Waals surface area (Å²) in [6.07, 6.45) is 2.93. The Morgan fingerprint density at radius 1 is 1.41 bits per heavy atom. The number of ether oxygens (including phenoxy) is 2. The minimum Gasteiger partial charge on any atom is -0.472 e. The molecule has 17 heavy (non-hydrogen) atoms. The van der Waals surface area contributed by atoms with Crippen molar-refractivity contribution in [2.24, 2.45) is 9.98 Å². The highest BCUT2D eigenvalue weighted by Crippen LogP contribution is 2.12. The SMILES string of the molecule is C=C1C[CH]OC1=O.[C]1=NCCO1.[C]1=NCCS1. The zero-order valence-electron chi connectivity index (χ0n) is 9.35. The van der Waals surface area contributed by atoms with E-state index in [1.165, 1.54) is 6.61 Å². The van der Waals surface area contributed by atoms with Crippen molar-refractivity contribution in [2.75, 3.05) is 25.4 Å². The van der Waals surface area contributed by atoms with Gasteiger partial charge in [0.25, 0.3) is 6.40 Å². The molecular weight excluding hydrogens is 240 g/mol. The van der Waals surface area contributed by atoms with Crippen molar-refractivity contribution >= 4 is 29.7 Å². The lowest BCUT2D eigenvalue weighted by Gasteiger charge is -1.81. The standard InChI is InChI=1S/C5H5O2.C3H4NO.C3H4NS/c1-4-2-3-7-5(4)6;2*1-2-5-3-4-1/h3H,1-2H2;2*1-2H2. The molecule has 3 heterocycles. The molecule has 1 fully saturated rings. The number of hydrogen-bond donors (Lipinski definition) is 0.